The molecule has 0 saturated carbocycles. The molecular formula is C30H30N4O3. The molecule has 188 valence electrons. The number of aromatic nitrogens is 2. The van der Waals surface area contributed by atoms with Crippen LogP contribution in [0.2, 0.25) is 0 Å². The van der Waals surface area contributed by atoms with Crippen LogP contribution in [0.15, 0.2) is 65.8 Å². The average Bonchev–Trinajstić information content (AvgIpc) is 3.26. The van der Waals surface area contributed by atoms with Crippen LogP contribution >= 0.6 is 0 Å². The normalized spacial score (nSPS) is 13.5. The molecule has 0 spiro atoms. The number of benzene rings is 3. The van der Waals surface area contributed by atoms with Crippen LogP contribution in [0.1, 0.15) is 65.5 Å². The fourth-order valence-electron chi connectivity index (χ4n) is 4.89. The third-order valence-electron chi connectivity index (χ3n) is 6.88. The van der Waals surface area contributed by atoms with Gasteiger partial charge in [0.15, 0.2) is 0 Å². The van der Waals surface area contributed by atoms with Crippen LogP contribution in [0.25, 0.3) is 22.2 Å². The van der Waals surface area contributed by atoms with E-state index in [4.69, 9.17) is 4.98 Å². The Hall–Kier alpha value is -4.26. The number of nitrogens with zero attached hydrogens (tertiary/aromatic N) is 3. The highest BCUT2D eigenvalue weighted by molar-refractivity contribution is 6.06. The summed E-state index contributed by atoms with van der Waals surface area (Å²) in [5.41, 5.74) is 10.6. The van der Waals surface area contributed by atoms with Gasteiger partial charge in [-0.1, -0.05) is 55.8 Å². The molecule has 0 radical (unpaired) electrons. The van der Waals surface area contributed by atoms with Crippen molar-refractivity contribution < 1.29 is 14.7 Å². The van der Waals surface area contributed by atoms with Crippen molar-refractivity contribution in [3.63, 3.8) is 0 Å². The van der Waals surface area contributed by atoms with Crippen LogP contribution in [-0.4, -0.2) is 32.2 Å². The Morgan fingerprint density at radius 3 is 2.54 bits per heavy atom. The topological polar surface area (TPSA) is 96.6 Å². The fraction of sp³-hybridized carbons (Fsp3) is 0.267. The second-order valence-electron chi connectivity index (χ2n) is 9.52. The number of unbranched alkanes of at least 4 members (excludes halogenated alkanes) is 1. The minimum absolute atomic E-state index is 0.0529. The first kappa shape index (κ1) is 24.4. The summed E-state index contributed by atoms with van der Waals surface area (Å²) in [5, 5.41) is 13.9. The molecule has 7 heteroatoms. The lowest BCUT2D eigenvalue weighted by Crippen LogP contribution is -2.26. The van der Waals surface area contributed by atoms with Crippen molar-refractivity contribution in [3.05, 3.63) is 88.7 Å². The van der Waals surface area contributed by atoms with Crippen LogP contribution < -0.4 is 5.43 Å². The van der Waals surface area contributed by atoms with Gasteiger partial charge < -0.3 is 9.67 Å². The number of aryl methyl sites for hydroxylation is 2. The van der Waals surface area contributed by atoms with Gasteiger partial charge in [-0.15, -0.1) is 0 Å². The van der Waals surface area contributed by atoms with Gasteiger partial charge >= 0.3 is 5.97 Å². The number of carbonyl (C=O) groups excluding carboxylic acids is 1. The summed E-state index contributed by atoms with van der Waals surface area (Å²) in [4.78, 5) is 28.3. The molecule has 0 unspecified atom stereocenters. The predicted molar refractivity (Wildman–Crippen MR) is 145 cm³/mol. The standard InChI is InChI=1S/C30H30N4O3/c1-3-4-9-27-31-29-19(2)16-22(25-14-15-28(35)33-32-25)17-26(29)34(27)18-20-10-12-21(13-11-20)23-7-5-6-8-24(23)30(36)37/h5-8,10-13,16-17H,3-4,9,14-15,18H2,1-2H3,(H,33,35)(H,36,37). The summed E-state index contributed by atoms with van der Waals surface area (Å²) >= 11 is 0. The van der Waals surface area contributed by atoms with Crippen LogP contribution in [0, 0.1) is 6.92 Å². The maximum atomic E-state index is 11.7. The molecule has 0 bridgehead atoms. The van der Waals surface area contributed by atoms with Gasteiger partial charge in [0.25, 0.3) is 0 Å². The van der Waals surface area contributed by atoms with Gasteiger partial charge in [0.1, 0.15) is 5.82 Å². The van der Waals surface area contributed by atoms with E-state index in [1.54, 1.807) is 12.1 Å². The maximum Gasteiger partial charge on any atom is 0.336 e. The maximum absolute atomic E-state index is 11.7. The van der Waals surface area contributed by atoms with Gasteiger partial charge in [-0.05, 0) is 53.8 Å². The van der Waals surface area contributed by atoms with E-state index < -0.39 is 5.97 Å². The predicted octanol–water partition coefficient (Wildman–Crippen LogP) is 5.71. The highest BCUT2D eigenvalue weighted by Gasteiger charge is 2.19. The smallest absolute Gasteiger partial charge is 0.336 e. The summed E-state index contributed by atoms with van der Waals surface area (Å²) in [6.45, 7) is 4.91. The number of hydrogen-bond donors (Lipinski definition) is 2. The monoisotopic (exact) mass is 494 g/mol. The number of nitrogens with one attached hydrogen (secondary N) is 1. The molecule has 0 saturated heterocycles. The highest BCUT2D eigenvalue weighted by atomic mass is 16.4. The number of hydrogen-bond acceptors (Lipinski definition) is 4. The number of hydrazone groups is 1. The first-order valence-electron chi connectivity index (χ1n) is 12.7. The molecule has 1 aliphatic rings. The first-order chi connectivity index (χ1) is 17.9. The Bertz CT molecular complexity index is 1520. The Balaban J connectivity index is 1.53. The zero-order valence-corrected chi connectivity index (χ0v) is 21.1. The second-order valence-corrected chi connectivity index (χ2v) is 9.52. The molecule has 1 aliphatic heterocycles. The van der Waals surface area contributed by atoms with E-state index in [1.807, 2.05) is 24.3 Å². The molecule has 0 fully saturated rings. The quantitative estimate of drug-likeness (QED) is 0.328. The average molecular weight is 495 g/mol. The van der Waals surface area contributed by atoms with Gasteiger partial charge in [-0.2, -0.15) is 5.10 Å². The molecule has 1 amide bonds. The van der Waals surface area contributed by atoms with Crippen molar-refractivity contribution in [3.8, 4) is 11.1 Å². The molecule has 1 aromatic heterocycles. The molecule has 37 heavy (non-hydrogen) atoms. The second kappa shape index (κ2) is 10.4. The van der Waals surface area contributed by atoms with Gasteiger partial charge in [0.05, 0.1) is 22.3 Å². The summed E-state index contributed by atoms with van der Waals surface area (Å²) in [6.07, 6.45) is 4.09. The zero-order chi connectivity index (χ0) is 25.9. The van der Waals surface area contributed by atoms with Gasteiger partial charge in [0.2, 0.25) is 5.91 Å². The van der Waals surface area contributed by atoms with Gasteiger partial charge in [-0.3, -0.25) is 4.79 Å². The highest BCUT2D eigenvalue weighted by Crippen LogP contribution is 2.28. The largest absolute Gasteiger partial charge is 0.478 e. The minimum atomic E-state index is -0.932. The number of carboxylic acids is 1. The van der Waals surface area contributed by atoms with E-state index in [0.717, 1.165) is 64.1 Å². The lowest BCUT2D eigenvalue weighted by atomic mass is 9.98. The van der Waals surface area contributed by atoms with E-state index in [1.165, 1.54) is 0 Å². The van der Waals surface area contributed by atoms with Crippen molar-refractivity contribution in [2.75, 3.05) is 0 Å². The van der Waals surface area contributed by atoms with E-state index >= 15 is 0 Å². The molecule has 0 atom stereocenters. The summed E-state index contributed by atoms with van der Waals surface area (Å²) in [7, 11) is 0. The molecule has 7 nitrogen and oxygen atoms in total. The first-order valence-corrected chi connectivity index (χ1v) is 12.7. The van der Waals surface area contributed by atoms with E-state index in [9.17, 15) is 14.7 Å². The van der Waals surface area contributed by atoms with Crippen LogP contribution in [0.3, 0.4) is 0 Å². The molecule has 0 aliphatic carbocycles. The number of carboxylic acid groups (broad SMARTS) is 1. The number of amides is 1. The fourth-order valence-corrected chi connectivity index (χ4v) is 4.89. The molecule has 2 N–H and O–H groups in total. The summed E-state index contributed by atoms with van der Waals surface area (Å²) in [6, 6.07) is 19.4. The molecular weight excluding hydrogens is 464 g/mol. The Morgan fingerprint density at radius 1 is 1.05 bits per heavy atom. The van der Waals surface area contributed by atoms with Gasteiger partial charge in [-0.25, -0.2) is 15.2 Å². The number of fused-ring (bicyclic) bond motifs is 1. The van der Waals surface area contributed by atoms with Crippen LogP contribution in [0.4, 0.5) is 0 Å². The SMILES string of the molecule is CCCCc1nc2c(C)cc(C3=NNC(=O)CC3)cc2n1Cc1ccc(-c2ccccc2C(=O)O)cc1. The number of carbonyl (C=O) groups is 2. The number of imidazole rings is 1. The molecule has 4 aromatic rings. The lowest BCUT2D eigenvalue weighted by Gasteiger charge is -2.14. The third-order valence-corrected chi connectivity index (χ3v) is 6.88. The zero-order valence-electron chi connectivity index (χ0n) is 21.1. The van der Waals surface area contributed by atoms with Crippen LogP contribution in [0.5, 0.6) is 0 Å². The van der Waals surface area contributed by atoms with Crippen molar-refractivity contribution in [1.29, 1.82) is 0 Å². The minimum Gasteiger partial charge on any atom is -0.478 e. The third kappa shape index (κ3) is 5.03. The Labute approximate surface area is 215 Å². The van der Waals surface area contributed by atoms with Crippen molar-refractivity contribution in [2.45, 2.75) is 52.5 Å². The number of rotatable bonds is 8. The molecule has 3 aromatic carbocycles. The lowest BCUT2D eigenvalue weighted by molar-refractivity contribution is -0.121. The van der Waals surface area contributed by atoms with Crippen LogP contribution in [-0.2, 0) is 17.8 Å². The van der Waals surface area contributed by atoms with Crippen molar-refractivity contribution in [1.82, 2.24) is 15.0 Å². The summed E-state index contributed by atoms with van der Waals surface area (Å²) < 4.78 is 2.28. The van der Waals surface area contributed by atoms with Crippen molar-refractivity contribution >= 4 is 28.6 Å². The Kier molecular flexibility index (Phi) is 6.86. The van der Waals surface area contributed by atoms with E-state index in [-0.39, 0.29) is 5.91 Å². The van der Waals surface area contributed by atoms with E-state index in [0.29, 0.717) is 30.5 Å². The Morgan fingerprint density at radius 2 is 1.84 bits per heavy atom. The summed E-state index contributed by atoms with van der Waals surface area (Å²) in [5.74, 6) is 0.0672. The molecule has 5 rings (SSSR count). The van der Waals surface area contributed by atoms with Gasteiger partial charge in [0, 0.05) is 31.4 Å². The van der Waals surface area contributed by atoms with E-state index in [2.05, 4.69) is 53.2 Å². The number of aromatic carboxylic acids is 1. The van der Waals surface area contributed by atoms with Crippen molar-refractivity contribution in [2.24, 2.45) is 5.10 Å². The molecule has 2 heterocycles.